The Morgan fingerprint density at radius 2 is 2.06 bits per heavy atom. The molecule has 3 nitrogen and oxygen atoms in total. The summed E-state index contributed by atoms with van der Waals surface area (Å²) in [6.45, 7) is 0. The van der Waals surface area contributed by atoms with E-state index in [2.05, 4.69) is 4.74 Å². The van der Waals surface area contributed by atoms with Crippen molar-refractivity contribution in [1.82, 2.24) is 0 Å². The standard InChI is InChI=1S/C11H12ClFO3/c1-15-10-4-7(5-11(14)16-2)9(13)3-8(10)6-12/h3-4H,5-6H2,1-2H3. The van der Waals surface area contributed by atoms with Crippen LogP contribution in [-0.2, 0) is 21.8 Å². The van der Waals surface area contributed by atoms with E-state index in [0.29, 0.717) is 11.3 Å². The van der Waals surface area contributed by atoms with Gasteiger partial charge in [-0.15, -0.1) is 11.6 Å². The third-order valence-electron chi connectivity index (χ3n) is 2.16. The summed E-state index contributed by atoms with van der Waals surface area (Å²) >= 11 is 5.63. The fourth-order valence-corrected chi connectivity index (χ4v) is 1.50. The van der Waals surface area contributed by atoms with Gasteiger partial charge in [-0.3, -0.25) is 4.79 Å². The van der Waals surface area contributed by atoms with Gasteiger partial charge >= 0.3 is 5.97 Å². The van der Waals surface area contributed by atoms with Gasteiger partial charge in [0, 0.05) is 11.1 Å². The predicted octanol–water partition coefficient (Wildman–Crippen LogP) is 2.29. The molecule has 88 valence electrons. The molecule has 0 radical (unpaired) electrons. The van der Waals surface area contributed by atoms with Gasteiger partial charge in [-0.1, -0.05) is 0 Å². The summed E-state index contributed by atoms with van der Waals surface area (Å²) in [6.07, 6.45) is -0.124. The molecule has 0 saturated heterocycles. The summed E-state index contributed by atoms with van der Waals surface area (Å²) in [5.74, 6) is -0.366. The van der Waals surface area contributed by atoms with Crippen LogP contribution >= 0.6 is 11.6 Å². The van der Waals surface area contributed by atoms with Crippen molar-refractivity contribution in [3.8, 4) is 5.75 Å². The molecule has 0 unspecified atom stereocenters. The fourth-order valence-electron chi connectivity index (χ4n) is 1.29. The van der Waals surface area contributed by atoms with Crippen molar-refractivity contribution >= 4 is 17.6 Å². The number of methoxy groups -OCH3 is 2. The van der Waals surface area contributed by atoms with E-state index in [1.807, 2.05) is 0 Å². The normalized spacial score (nSPS) is 10.0. The highest BCUT2D eigenvalue weighted by Gasteiger charge is 2.13. The number of hydrogen-bond acceptors (Lipinski definition) is 3. The van der Waals surface area contributed by atoms with Crippen LogP contribution in [0.5, 0.6) is 5.75 Å². The Morgan fingerprint density at radius 3 is 2.56 bits per heavy atom. The van der Waals surface area contributed by atoms with Gasteiger partial charge in [0.2, 0.25) is 0 Å². The molecule has 16 heavy (non-hydrogen) atoms. The van der Waals surface area contributed by atoms with Crippen molar-refractivity contribution in [2.75, 3.05) is 14.2 Å². The van der Waals surface area contributed by atoms with E-state index in [1.165, 1.54) is 26.4 Å². The van der Waals surface area contributed by atoms with Crippen LogP contribution in [0.3, 0.4) is 0 Å². The number of ether oxygens (including phenoxy) is 2. The lowest BCUT2D eigenvalue weighted by Crippen LogP contribution is -2.07. The monoisotopic (exact) mass is 246 g/mol. The Morgan fingerprint density at radius 1 is 1.38 bits per heavy atom. The van der Waals surface area contributed by atoms with Crippen LogP contribution in [0.25, 0.3) is 0 Å². The Hall–Kier alpha value is -1.29. The summed E-state index contributed by atoms with van der Waals surface area (Å²) in [6, 6.07) is 2.73. The molecular formula is C11H12ClFO3. The lowest BCUT2D eigenvalue weighted by atomic mass is 10.1. The number of benzene rings is 1. The van der Waals surface area contributed by atoms with Crippen molar-refractivity contribution in [2.45, 2.75) is 12.3 Å². The van der Waals surface area contributed by atoms with Gasteiger partial charge in [0.05, 0.1) is 26.5 Å². The molecule has 0 atom stereocenters. The topological polar surface area (TPSA) is 35.5 Å². The molecule has 0 spiro atoms. The van der Waals surface area contributed by atoms with Gasteiger partial charge in [-0.05, 0) is 12.1 Å². The molecule has 0 bridgehead atoms. The highest BCUT2D eigenvalue weighted by atomic mass is 35.5. The highest BCUT2D eigenvalue weighted by Crippen LogP contribution is 2.24. The van der Waals surface area contributed by atoms with Crippen molar-refractivity contribution < 1.29 is 18.7 Å². The fraction of sp³-hybridized carbons (Fsp3) is 0.364. The van der Waals surface area contributed by atoms with Crippen LogP contribution in [0.2, 0.25) is 0 Å². The molecule has 0 heterocycles. The Bertz CT molecular complexity index is 393. The minimum atomic E-state index is -0.500. The molecule has 0 N–H and O–H groups in total. The summed E-state index contributed by atoms with van der Waals surface area (Å²) in [5.41, 5.74) is 0.785. The molecule has 0 fully saturated rings. The van der Waals surface area contributed by atoms with Gasteiger partial charge in [0.25, 0.3) is 0 Å². The number of rotatable bonds is 4. The molecule has 1 rings (SSSR count). The molecule has 0 aliphatic rings. The van der Waals surface area contributed by atoms with Crippen LogP contribution in [0.4, 0.5) is 4.39 Å². The number of halogens is 2. The number of hydrogen-bond donors (Lipinski definition) is 0. The Labute approximate surface area is 98.1 Å². The zero-order valence-electron chi connectivity index (χ0n) is 9.05. The summed E-state index contributed by atoms with van der Waals surface area (Å²) in [7, 11) is 2.72. The van der Waals surface area contributed by atoms with Gasteiger partial charge in [0.15, 0.2) is 0 Å². The quantitative estimate of drug-likeness (QED) is 0.604. The van der Waals surface area contributed by atoms with Gasteiger partial charge in [0.1, 0.15) is 11.6 Å². The minimum absolute atomic E-state index is 0.124. The van der Waals surface area contributed by atoms with Gasteiger partial charge in [-0.2, -0.15) is 0 Å². The number of carbonyl (C=O) groups excluding carboxylic acids is 1. The van der Waals surface area contributed by atoms with Gasteiger partial charge < -0.3 is 9.47 Å². The maximum absolute atomic E-state index is 13.5. The first kappa shape index (κ1) is 12.8. The van der Waals surface area contributed by atoms with Crippen molar-refractivity contribution in [1.29, 1.82) is 0 Å². The predicted molar refractivity (Wildman–Crippen MR) is 58.2 cm³/mol. The number of alkyl halides is 1. The maximum atomic E-state index is 13.5. The van der Waals surface area contributed by atoms with Crippen LogP contribution in [0.15, 0.2) is 12.1 Å². The number of esters is 1. The van der Waals surface area contributed by atoms with E-state index in [9.17, 15) is 9.18 Å². The first-order valence-electron chi connectivity index (χ1n) is 4.60. The minimum Gasteiger partial charge on any atom is -0.496 e. The number of carbonyl (C=O) groups is 1. The van der Waals surface area contributed by atoms with Gasteiger partial charge in [-0.25, -0.2) is 4.39 Å². The largest absolute Gasteiger partial charge is 0.496 e. The van der Waals surface area contributed by atoms with Crippen LogP contribution in [0.1, 0.15) is 11.1 Å². The molecular weight excluding hydrogens is 235 g/mol. The van der Waals surface area contributed by atoms with E-state index in [4.69, 9.17) is 16.3 Å². The molecule has 0 aromatic heterocycles. The smallest absolute Gasteiger partial charge is 0.310 e. The molecule has 1 aromatic carbocycles. The molecule has 0 aliphatic carbocycles. The van der Waals surface area contributed by atoms with E-state index >= 15 is 0 Å². The third-order valence-corrected chi connectivity index (χ3v) is 2.44. The molecule has 5 heteroatoms. The third kappa shape index (κ3) is 2.85. The zero-order valence-corrected chi connectivity index (χ0v) is 9.81. The molecule has 0 saturated carbocycles. The average molecular weight is 247 g/mol. The van der Waals surface area contributed by atoms with E-state index in [-0.39, 0.29) is 17.9 Å². The summed E-state index contributed by atoms with van der Waals surface area (Å²) in [4.78, 5) is 11.0. The second kappa shape index (κ2) is 5.70. The average Bonchev–Trinajstić information content (AvgIpc) is 2.30. The second-order valence-electron chi connectivity index (χ2n) is 3.14. The SMILES string of the molecule is COC(=O)Cc1cc(OC)c(CCl)cc1F. The lowest BCUT2D eigenvalue weighted by molar-refractivity contribution is -0.139. The Kier molecular flexibility index (Phi) is 4.55. The van der Waals surface area contributed by atoms with Crippen molar-refractivity contribution in [3.63, 3.8) is 0 Å². The van der Waals surface area contributed by atoms with E-state index in [0.717, 1.165) is 0 Å². The first-order valence-corrected chi connectivity index (χ1v) is 5.13. The highest BCUT2D eigenvalue weighted by molar-refractivity contribution is 6.17. The first-order chi connectivity index (χ1) is 7.62. The maximum Gasteiger partial charge on any atom is 0.310 e. The van der Waals surface area contributed by atoms with Crippen LogP contribution < -0.4 is 4.74 Å². The Balaban J connectivity index is 3.06. The van der Waals surface area contributed by atoms with Crippen LogP contribution in [0, 0.1) is 5.82 Å². The zero-order chi connectivity index (χ0) is 12.1. The molecule has 0 amide bonds. The summed E-state index contributed by atoms with van der Waals surface area (Å²) < 4.78 is 23.0. The molecule has 1 aromatic rings. The van der Waals surface area contributed by atoms with E-state index in [1.54, 1.807) is 0 Å². The van der Waals surface area contributed by atoms with Crippen molar-refractivity contribution in [2.24, 2.45) is 0 Å². The second-order valence-corrected chi connectivity index (χ2v) is 3.41. The van der Waals surface area contributed by atoms with Crippen LogP contribution in [-0.4, -0.2) is 20.2 Å². The van der Waals surface area contributed by atoms with Crippen molar-refractivity contribution in [3.05, 3.63) is 29.1 Å². The lowest BCUT2D eigenvalue weighted by Gasteiger charge is -2.09. The molecule has 0 aliphatic heterocycles. The van der Waals surface area contributed by atoms with E-state index < -0.39 is 11.8 Å². The summed E-state index contributed by atoms with van der Waals surface area (Å²) in [5, 5.41) is 0.